The molecule has 7 nitrogen and oxygen atoms in total. The van der Waals surface area contributed by atoms with E-state index in [1.165, 1.54) is 0 Å². The van der Waals surface area contributed by atoms with Gasteiger partial charge in [-0.1, -0.05) is 50.6 Å². The zero-order valence-electron chi connectivity index (χ0n) is 19.8. The molecular formula is C26H35N3O4. The molecule has 2 atom stereocenters. The Morgan fingerprint density at radius 1 is 1.00 bits per heavy atom. The van der Waals surface area contributed by atoms with Crippen LogP contribution < -0.4 is 15.0 Å². The standard InChI is InChI=1S/C26H35N3O4/c1-4-20(2)24(27-26(31)33-19-21-9-6-5-7-10-21)25(30)29-16-8-15-28(17-18-29)22-11-13-23(32-3)14-12-22/h5-7,9-14,20,24H,4,8,15-19H2,1-3H3,(H,27,31)/t20-,24-/m0/s1. The number of anilines is 1. The number of benzene rings is 2. The molecule has 0 bridgehead atoms. The van der Waals surface area contributed by atoms with Crippen LogP contribution in [0.15, 0.2) is 54.6 Å². The highest BCUT2D eigenvalue weighted by atomic mass is 16.5. The molecule has 0 aliphatic carbocycles. The summed E-state index contributed by atoms with van der Waals surface area (Å²) in [5.74, 6) is 0.785. The first-order valence-electron chi connectivity index (χ1n) is 11.7. The molecule has 2 aromatic rings. The molecule has 0 aromatic heterocycles. The van der Waals surface area contributed by atoms with Crippen LogP contribution in [-0.2, 0) is 16.1 Å². The highest BCUT2D eigenvalue weighted by molar-refractivity contribution is 5.86. The maximum atomic E-state index is 13.4. The molecule has 1 aliphatic heterocycles. The van der Waals surface area contributed by atoms with E-state index in [0.717, 1.165) is 42.9 Å². The predicted molar refractivity (Wildman–Crippen MR) is 129 cm³/mol. The highest BCUT2D eigenvalue weighted by Gasteiger charge is 2.31. The third kappa shape index (κ3) is 6.88. The van der Waals surface area contributed by atoms with Gasteiger partial charge in [0.15, 0.2) is 0 Å². The van der Waals surface area contributed by atoms with Gasteiger partial charge in [-0.2, -0.15) is 0 Å². The SMILES string of the molecule is CC[C@H](C)[C@H](NC(=O)OCc1ccccc1)C(=O)N1CCCN(c2ccc(OC)cc2)CC1. The highest BCUT2D eigenvalue weighted by Crippen LogP contribution is 2.21. The van der Waals surface area contributed by atoms with Crippen molar-refractivity contribution in [2.45, 2.75) is 39.3 Å². The Hall–Kier alpha value is -3.22. The van der Waals surface area contributed by atoms with Gasteiger partial charge in [0.2, 0.25) is 5.91 Å². The smallest absolute Gasteiger partial charge is 0.408 e. The van der Waals surface area contributed by atoms with Gasteiger partial charge in [-0.25, -0.2) is 4.79 Å². The molecule has 0 radical (unpaired) electrons. The number of hydrogen-bond donors (Lipinski definition) is 1. The number of nitrogens with zero attached hydrogens (tertiary/aromatic N) is 2. The van der Waals surface area contributed by atoms with Crippen LogP contribution in [-0.4, -0.2) is 56.2 Å². The average Bonchev–Trinajstić information content (AvgIpc) is 3.12. The van der Waals surface area contributed by atoms with Crippen molar-refractivity contribution in [1.82, 2.24) is 10.2 Å². The summed E-state index contributed by atoms with van der Waals surface area (Å²) >= 11 is 0. The molecule has 3 rings (SSSR count). The second-order valence-corrected chi connectivity index (χ2v) is 8.43. The predicted octanol–water partition coefficient (Wildman–Crippen LogP) is 4.08. The molecule has 7 heteroatoms. The van der Waals surface area contributed by atoms with Crippen LogP contribution in [0.25, 0.3) is 0 Å². The molecule has 1 fully saturated rings. The number of carbonyl (C=O) groups is 2. The number of carbonyl (C=O) groups excluding carboxylic acids is 2. The van der Waals surface area contributed by atoms with Gasteiger partial charge in [0.25, 0.3) is 0 Å². The second-order valence-electron chi connectivity index (χ2n) is 8.43. The molecule has 1 heterocycles. The number of nitrogens with one attached hydrogen (secondary N) is 1. The van der Waals surface area contributed by atoms with Crippen molar-refractivity contribution in [3.05, 3.63) is 60.2 Å². The first-order valence-corrected chi connectivity index (χ1v) is 11.7. The number of alkyl carbamates (subject to hydrolysis) is 1. The summed E-state index contributed by atoms with van der Waals surface area (Å²) in [5.41, 5.74) is 2.02. The number of ether oxygens (including phenoxy) is 2. The molecule has 0 spiro atoms. The number of hydrogen-bond acceptors (Lipinski definition) is 5. The van der Waals surface area contributed by atoms with E-state index in [4.69, 9.17) is 9.47 Å². The lowest BCUT2D eigenvalue weighted by atomic mass is 9.98. The molecule has 0 unspecified atom stereocenters. The molecule has 1 aliphatic rings. The maximum Gasteiger partial charge on any atom is 0.408 e. The average molecular weight is 454 g/mol. The Bertz CT molecular complexity index is 888. The molecule has 0 saturated carbocycles. The maximum absolute atomic E-state index is 13.4. The van der Waals surface area contributed by atoms with Crippen LogP contribution in [0.1, 0.15) is 32.3 Å². The Morgan fingerprint density at radius 2 is 1.73 bits per heavy atom. The van der Waals surface area contributed by atoms with Gasteiger partial charge >= 0.3 is 6.09 Å². The first-order chi connectivity index (χ1) is 16.0. The Labute approximate surface area is 196 Å². The van der Waals surface area contributed by atoms with Crippen molar-refractivity contribution in [2.75, 3.05) is 38.2 Å². The van der Waals surface area contributed by atoms with E-state index in [9.17, 15) is 9.59 Å². The fraction of sp³-hybridized carbons (Fsp3) is 0.462. The second kappa shape index (κ2) is 12.1. The van der Waals surface area contributed by atoms with E-state index < -0.39 is 12.1 Å². The van der Waals surface area contributed by atoms with Crippen molar-refractivity contribution in [3.63, 3.8) is 0 Å². The van der Waals surface area contributed by atoms with Gasteiger partial charge in [-0.15, -0.1) is 0 Å². The van der Waals surface area contributed by atoms with E-state index in [1.54, 1.807) is 7.11 Å². The fourth-order valence-corrected chi connectivity index (χ4v) is 3.96. The Morgan fingerprint density at radius 3 is 2.39 bits per heavy atom. The summed E-state index contributed by atoms with van der Waals surface area (Å²) in [6.07, 6.45) is 1.08. The summed E-state index contributed by atoms with van der Waals surface area (Å²) < 4.78 is 10.6. The lowest BCUT2D eigenvalue weighted by Crippen LogP contribution is -2.52. The Kier molecular flexibility index (Phi) is 8.98. The van der Waals surface area contributed by atoms with Crippen molar-refractivity contribution < 1.29 is 19.1 Å². The lowest BCUT2D eigenvalue weighted by Gasteiger charge is -2.30. The van der Waals surface area contributed by atoms with Gasteiger partial charge in [-0.05, 0) is 42.2 Å². The molecule has 178 valence electrons. The van der Waals surface area contributed by atoms with Crippen LogP contribution in [0.2, 0.25) is 0 Å². The zero-order chi connectivity index (χ0) is 23.6. The number of methoxy groups -OCH3 is 1. The summed E-state index contributed by atoms with van der Waals surface area (Å²) in [6.45, 7) is 7.07. The van der Waals surface area contributed by atoms with E-state index in [2.05, 4.69) is 10.2 Å². The van der Waals surface area contributed by atoms with Crippen LogP contribution in [0.5, 0.6) is 5.75 Å². The fourth-order valence-electron chi connectivity index (χ4n) is 3.96. The van der Waals surface area contributed by atoms with Crippen molar-refractivity contribution in [3.8, 4) is 5.75 Å². The van der Waals surface area contributed by atoms with E-state index in [1.807, 2.05) is 73.3 Å². The minimum absolute atomic E-state index is 0.00252. The van der Waals surface area contributed by atoms with E-state index in [0.29, 0.717) is 13.1 Å². The summed E-state index contributed by atoms with van der Waals surface area (Å²) in [6, 6.07) is 16.9. The van der Waals surface area contributed by atoms with Gasteiger partial charge < -0.3 is 24.6 Å². The van der Waals surface area contributed by atoms with Crippen LogP contribution in [0.3, 0.4) is 0 Å². The quantitative estimate of drug-likeness (QED) is 0.652. The van der Waals surface area contributed by atoms with Gasteiger partial charge in [-0.3, -0.25) is 4.79 Å². The Balaban J connectivity index is 1.59. The molecule has 1 saturated heterocycles. The van der Waals surface area contributed by atoms with Crippen molar-refractivity contribution in [1.29, 1.82) is 0 Å². The molecule has 1 N–H and O–H groups in total. The van der Waals surface area contributed by atoms with E-state index in [-0.39, 0.29) is 18.4 Å². The molecule has 33 heavy (non-hydrogen) atoms. The van der Waals surface area contributed by atoms with Crippen LogP contribution in [0, 0.1) is 5.92 Å². The number of amides is 2. The summed E-state index contributed by atoms with van der Waals surface area (Å²) in [4.78, 5) is 30.0. The molecule has 2 amide bonds. The number of rotatable bonds is 8. The molecular weight excluding hydrogens is 418 g/mol. The topological polar surface area (TPSA) is 71.1 Å². The van der Waals surface area contributed by atoms with Gasteiger partial charge in [0.05, 0.1) is 7.11 Å². The zero-order valence-corrected chi connectivity index (χ0v) is 19.8. The van der Waals surface area contributed by atoms with Gasteiger partial charge in [0, 0.05) is 31.9 Å². The summed E-state index contributed by atoms with van der Waals surface area (Å²) in [5, 5.41) is 2.83. The third-order valence-electron chi connectivity index (χ3n) is 6.21. The first kappa shape index (κ1) is 24.4. The lowest BCUT2D eigenvalue weighted by molar-refractivity contribution is -0.134. The normalized spacial score (nSPS) is 15.8. The van der Waals surface area contributed by atoms with Crippen LogP contribution >= 0.6 is 0 Å². The van der Waals surface area contributed by atoms with E-state index >= 15 is 0 Å². The third-order valence-corrected chi connectivity index (χ3v) is 6.21. The monoisotopic (exact) mass is 453 g/mol. The van der Waals surface area contributed by atoms with Crippen molar-refractivity contribution in [2.24, 2.45) is 5.92 Å². The summed E-state index contributed by atoms with van der Waals surface area (Å²) in [7, 11) is 1.66. The van der Waals surface area contributed by atoms with Gasteiger partial charge in [0.1, 0.15) is 18.4 Å². The van der Waals surface area contributed by atoms with Crippen LogP contribution in [0.4, 0.5) is 10.5 Å². The van der Waals surface area contributed by atoms with Crippen molar-refractivity contribution >= 4 is 17.7 Å². The molecule has 2 aromatic carbocycles. The minimum Gasteiger partial charge on any atom is -0.497 e. The largest absolute Gasteiger partial charge is 0.497 e. The minimum atomic E-state index is -0.606.